The molecule has 0 bridgehead atoms. The zero-order chi connectivity index (χ0) is 9.19. The van der Waals surface area contributed by atoms with Gasteiger partial charge in [0.05, 0.1) is 0 Å². The predicted molar refractivity (Wildman–Crippen MR) is 47.1 cm³/mol. The lowest BCUT2D eigenvalue weighted by atomic mass is 9.87. The normalized spacial score (nSPS) is 12.0. The first-order valence-corrected chi connectivity index (χ1v) is 4.39. The maximum Gasteiger partial charge on any atom is 0.263 e. The second-order valence-electron chi connectivity index (χ2n) is 3.65. The first kappa shape index (κ1) is 9.52. The van der Waals surface area contributed by atoms with Gasteiger partial charge in [-0.25, -0.2) is 0 Å². The van der Waals surface area contributed by atoms with Crippen LogP contribution in [0.5, 0.6) is 0 Å². The summed E-state index contributed by atoms with van der Waals surface area (Å²) >= 11 is 5.52. The van der Waals surface area contributed by atoms with Crippen LogP contribution < -0.4 is 0 Å². The average molecular weight is 189 g/mol. The van der Waals surface area contributed by atoms with Crippen LogP contribution in [0.15, 0.2) is 4.52 Å². The van der Waals surface area contributed by atoms with E-state index >= 15 is 0 Å². The molecule has 0 aromatic carbocycles. The third-order valence-corrected chi connectivity index (χ3v) is 2.18. The fraction of sp³-hybridized carbons (Fsp3) is 0.750. The highest BCUT2D eigenvalue weighted by molar-refractivity contribution is 6.28. The Bertz CT molecular complexity index is 257. The Balaban J connectivity index is 2.63. The first-order valence-electron chi connectivity index (χ1n) is 4.01. The summed E-state index contributed by atoms with van der Waals surface area (Å²) in [6.07, 6.45) is 1.86. The molecule has 1 rings (SSSR count). The van der Waals surface area contributed by atoms with Crippen molar-refractivity contribution in [2.24, 2.45) is 5.41 Å². The minimum absolute atomic E-state index is 0.192. The Morgan fingerprint density at radius 1 is 1.50 bits per heavy atom. The lowest BCUT2D eigenvalue weighted by Crippen LogP contribution is -2.13. The Morgan fingerprint density at radius 2 is 2.17 bits per heavy atom. The average Bonchev–Trinajstić information content (AvgIpc) is 2.35. The van der Waals surface area contributed by atoms with Gasteiger partial charge in [-0.2, -0.15) is 4.98 Å². The highest BCUT2D eigenvalue weighted by Gasteiger charge is 2.19. The highest BCUT2D eigenvalue weighted by Crippen LogP contribution is 2.24. The van der Waals surface area contributed by atoms with E-state index in [2.05, 4.69) is 30.9 Å². The van der Waals surface area contributed by atoms with Crippen LogP contribution in [0, 0.1) is 5.41 Å². The van der Waals surface area contributed by atoms with Gasteiger partial charge in [0.1, 0.15) is 0 Å². The van der Waals surface area contributed by atoms with Crippen molar-refractivity contribution in [2.45, 2.75) is 33.6 Å². The van der Waals surface area contributed by atoms with Crippen molar-refractivity contribution in [3.05, 3.63) is 11.2 Å². The fourth-order valence-electron chi connectivity index (χ4n) is 0.840. The topological polar surface area (TPSA) is 38.9 Å². The maximum atomic E-state index is 5.52. The van der Waals surface area contributed by atoms with Crippen molar-refractivity contribution in [1.29, 1.82) is 0 Å². The summed E-state index contributed by atoms with van der Waals surface area (Å²) in [5, 5.41) is 3.71. The molecule has 4 heteroatoms. The van der Waals surface area contributed by atoms with E-state index in [1.54, 1.807) is 0 Å². The fourth-order valence-corrected chi connectivity index (χ4v) is 0.969. The van der Waals surface area contributed by atoms with Crippen LogP contribution in [0.25, 0.3) is 0 Å². The summed E-state index contributed by atoms with van der Waals surface area (Å²) < 4.78 is 4.91. The van der Waals surface area contributed by atoms with Gasteiger partial charge in [0.2, 0.25) is 5.89 Å². The van der Waals surface area contributed by atoms with Gasteiger partial charge in [-0.3, -0.25) is 0 Å². The molecule has 0 fully saturated rings. The van der Waals surface area contributed by atoms with Gasteiger partial charge in [0.15, 0.2) is 0 Å². The van der Waals surface area contributed by atoms with Crippen molar-refractivity contribution < 1.29 is 4.52 Å². The minimum Gasteiger partial charge on any atom is -0.338 e. The van der Waals surface area contributed by atoms with Crippen LogP contribution in [0.4, 0.5) is 0 Å². The molecule has 1 aromatic rings. The molecule has 0 aliphatic rings. The van der Waals surface area contributed by atoms with Gasteiger partial charge in [-0.1, -0.05) is 27.2 Å². The zero-order valence-electron chi connectivity index (χ0n) is 7.59. The van der Waals surface area contributed by atoms with Crippen molar-refractivity contribution >= 4 is 11.6 Å². The van der Waals surface area contributed by atoms with Gasteiger partial charge < -0.3 is 4.52 Å². The number of rotatable bonds is 3. The Labute approximate surface area is 77.1 Å². The quantitative estimate of drug-likeness (QED) is 0.732. The summed E-state index contributed by atoms with van der Waals surface area (Å²) in [6.45, 7) is 6.45. The molecule has 0 spiro atoms. The van der Waals surface area contributed by atoms with E-state index < -0.39 is 0 Å². The van der Waals surface area contributed by atoms with Gasteiger partial charge in [0, 0.05) is 6.42 Å². The Hall–Kier alpha value is -0.570. The predicted octanol–water partition coefficient (Wildman–Crippen LogP) is 2.70. The standard InChI is InChI=1S/C8H13ClN2O/c1-4-8(2,3)5-6-10-7(9)11-12-6/h4-5H2,1-3H3. The molecule has 68 valence electrons. The number of halogens is 1. The van der Waals surface area contributed by atoms with E-state index in [-0.39, 0.29) is 10.7 Å². The van der Waals surface area contributed by atoms with Crippen molar-refractivity contribution in [2.75, 3.05) is 0 Å². The molecule has 0 saturated carbocycles. The lowest BCUT2D eigenvalue weighted by molar-refractivity contribution is 0.285. The van der Waals surface area contributed by atoms with Gasteiger partial charge >= 0.3 is 0 Å². The molecule has 0 unspecified atom stereocenters. The molecular formula is C8H13ClN2O. The van der Waals surface area contributed by atoms with Gasteiger partial charge in [-0.05, 0) is 22.2 Å². The molecule has 0 aliphatic heterocycles. The lowest BCUT2D eigenvalue weighted by Gasteiger charge is -2.19. The van der Waals surface area contributed by atoms with Crippen LogP contribution in [-0.4, -0.2) is 10.1 Å². The summed E-state index contributed by atoms with van der Waals surface area (Å²) in [4.78, 5) is 3.93. The second-order valence-corrected chi connectivity index (χ2v) is 3.99. The van der Waals surface area contributed by atoms with Crippen molar-refractivity contribution in [3.63, 3.8) is 0 Å². The summed E-state index contributed by atoms with van der Waals surface area (Å²) in [5.41, 5.74) is 0.204. The smallest absolute Gasteiger partial charge is 0.263 e. The first-order chi connectivity index (χ1) is 5.53. The Kier molecular flexibility index (Phi) is 2.73. The van der Waals surface area contributed by atoms with Crippen LogP contribution in [0.2, 0.25) is 5.28 Å². The molecule has 0 saturated heterocycles. The molecule has 3 nitrogen and oxygen atoms in total. The van der Waals surface area contributed by atoms with E-state index in [9.17, 15) is 0 Å². The third-order valence-electron chi connectivity index (χ3n) is 2.03. The molecule has 0 aliphatic carbocycles. The van der Waals surface area contributed by atoms with E-state index in [1.165, 1.54) is 0 Å². The molecule has 0 radical (unpaired) electrons. The molecule has 12 heavy (non-hydrogen) atoms. The summed E-state index contributed by atoms with van der Waals surface area (Å²) in [6, 6.07) is 0. The van der Waals surface area contributed by atoms with Crippen LogP contribution in [-0.2, 0) is 6.42 Å². The molecule has 1 heterocycles. The van der Waals surface area contributed by atoms with E-state index in [0.717, 1.165) is 12.8 Å². The van der Waals surface area contributed by atoms with Gasteiger partial charge in [-0.15, -0.1) is 0 Å². The number of hydrogen-bond acceptors (Lipinski definition) is 3. The van der Waals surface area contributed by atoms with E-state index in [4.69, 9.17) is 16.1 Å². The molecule has 0 amide bonds. The van der Waals surface area contributed by atoms with Crippen molar-refractivity contribution in [1.82, 2.24) is 10.1 Å². The van der Waals surface area contributed by atoms with Crippen LogP contribution in [0.3, 0.4) is 0 Å². The van der Waals surface area contributed by atoms with Crippen LogP contribution in [0.1, 0.15) is 33.1 Å². The minimum atomic E-state index is 0.192. The molecule has 0 atom stereocenters. The SMILES string of the molecule is CCC(C)(C)Cc1nc(Cl)no1. The molecule has 1 aromatic heterocycles. The second kappa shape index (κ2) is 3.44. The number of hydrogen-bond donors (Lipinski definition) is 0. The highest BCUT2D eigenvalue weighted by atomic mass is 35.5. The maximum absolute atomic E-state index is 5.52. The monoisotopic (exact) mass is 188 g/mol. The largest absolute Gasteiger partial charge is 0.338 e. The number of aromatic nitrogens is 2. The van der Waals surface area contributed by atoms with E-state index in [1.807, 2.05) is 0 Å². The Morgan fingerprint density at radius 3 is 2.58 bits per heavy atom. The summed E-state index contributed by atoms with van der Waals surface area (Å²) in [7, 11) is 0. The van der Waals surface area contributed by atoms with Crippen molar-refractivity contribution in [3.8, 4) is 0 Å². The summed E-state index contributed by atoms with van der Waals surface area (Å²) in [5.74, 6) is 0.617. The number of nitrogens with zero attached hydrogens (tertiary/aromatic N) is 2. The van der Waals surface area contributed by atoms with Gasteiger partial charge in [0.25, 0.3) is 5.28 Å². The molecular weight excluding hydrogens is 176 g/mol. The third kappa shape index (κ3) is 2.48. The zero-order valence-corrected chi connectivity index (χ0v) is 8.35. The molecule has 0 N–H and O–H groups in total. The van der Waals surface area contributed by atoms with Crippen LogP contribution >= 0.6 is 11.6 Å². The van der Waals surface area contributed by atoms with E-state index in [0.29, 0.717) is 5.89 Å².